The van der Waals surface area contributed by atoms with E-state index in [2.05, 4.69) is 58.0 Å². The van der Waals surface area contributed by atoms with Crippen molar-refractivity contribution in [1.82, 2.24) is 9.78 Å². The van der Waals surface area contributed by atoms with Crippen LogP contribution in [0.5, 0.6) is 0 Å². The first-order valence-electron chi connectivity index (χ1n) is 6.11. The van der Waals surface area contributed by atoms with E-state index in [1.54, 1.807) is 0 Å². The fourth-order valence-electron chi connectivity index (χ4n) is 2.38. The first-order valence-corrected chi connectivity index (χ1v) is 6.11. The average molecular weight is 423 g/mol. The van der Waals surface area contributed by atoms with Crippen molar-refractivity contribution < 1.29 is 21.1 Å². The molecule has 18 heavy (non-hydrogen) atoms. The van der Waals surface area contributed by atoms with E-state index in [0.717, 1.165) is 0 Å². The predicted molar refractivity (Wildman–Crippen MR) is 72.3 cm³/mol. The SMILES string of the molecule is Cc1cc(C)c(-c2cnn(C(C)C)c2)c(C)c1.[Pt]. The maximum atomic E-state index is 4.41. The fourth-order valence-corrected chi connectivity index (χ4v) is 2.38. The molecule has 0 fully saturated rings. The quantitative estimate of drug-likeness (QED) is 0.713. The zero-order valence-corrected chi connectivity index (χ0v) is 13.9. The van der Waals surface area contributed by atoms with Crippen molar-refractivity contribution in [1.29, 1.82) is 0 Å². The molecule has 2 aromatic rings. The molecule has 0 unspecified atom stereocenters. The van der Waals surface area contributed by atoms with Crippen LogP contribution in [0.15, 0.2) is 24.5 Å². The van der Waals surface area contributed by atoms with E-state index in [9.17, 15) is 0 Å². The first-order chi connectivity index (χ1) is 7.99. The van der Waals surface area contributed by atoms with Gasteiger partial charge in [0, 0.05) is 38.9 Å². The van der Waals surface area contributed by atoms with Gasteiger partial charge in [0.25, 0.3) is 0 Å². The monoisotopic (exact) mass is 423 g/mol. The van der Waals surface area contributed by atoms with Crippen LogP contribution in [0.2, 0.25) is 0 Å². The Morgan fingerprint density at radius 3 is 2.06 bits per heavy atom. The number of benzene rings is 1. The van der Waals surface area contributed by atoms with E-state index in [4.69, 9.17) is 0 Å². The number of rotatable bonds is 2. The molecule has 0 radical (unpaired) electrons. The summed E-state index contributed by atoms with van der Waals surface area (Å²) in [6.07, 6.45) is 4.10. The minimum Gasteiger partial charge on any atom is -0.270 e. The largest absolute Gasteiger partial charge is 0.270 e. The van der Waals surface area contributed by atoms with Crippen LogP contribution in [0, 0.1) is 20.8 Å². The summed E-state index contributed by atoms with van der Waals surface area (Å²) >= 11 is 0. The van der Waals surface area contributed by atoms with Crippen LogP contribution < -0.4 is 0 Å². The summed E-state index contributed by atoms with van der Waals surface area (Å²) in [6.45, 7) is 10.8. The molecule has 3 heteroatoms. The van der Waals surface area contributed by atoms with Gasteiger partial charge in [-0.15, -0.1) is 0 Å². The maximum Gasteiger partial charge on any atom is 0.0568 e. The van der Waals surface area contributed by atoms with Gasteiger partial charge in [-0.2, -0.15) is 5.10 Å². The fraction of sp³-hybridized carbons (Fsp3) is 0.400. The molecular formula is C15H20N2Pt. The van der Waals surface area contributed by atoms with Gasteiger partial charge in [-0.3, -0.25) is 4.68 Å². The Kier molecular flexibility index (Phi) is 4.92. The third-order valence-electron chi connectivity index (χ3n) is 3.10. The van der Waals surface area contributed by atoms with Gasteiger partial charge < -0.3 is 0 Å². The molecule has 0 atom stereocenters. The van der Waals surface area contributed by atoms with Gasteiger partial charge in [-0.1, -0.05) is 17.7 Å². The summed E-state index contributed by atoms with van der Waals surface area (Å²) in [5, 5.41) is 4.41. The van der Waals surface area contributed by atoms with Crippen LogP contribution in [0.3, 0.4) is 0 Å². The van der Waals surface area contributed by atoms with Crippen molar-refractivity contribution in [3.63, 3.8) is 0 Å². The van der Waals surface area contributed by atoms with Gasteiger partial charge in [0.05, 0.1) is 6.20 Å². The molecule has 0 N–H and O–H groups in total. The van der Waals surface area contributed by atoms with Gasteiger partial charge in [-0.25, -0.2) is 0 Å². The van der Waals surface area contributed by atoms with Crippen molar-refractivity contribution in [3.05, 3.63) is 41.2 Å². The molecule has 0 saturated heterocycles. The number of hydrogen-bond acceptors (Lipinski definition) is 1. The maximum absolute atomic E-state index is 4.41. The standard InChI is InChI=1S/C15H20N2.Pt/c1-10(2)17-9-14(8-16-17)15-12(4)6-11(3)7-13(15)5;/h6-10H,1-5H3;. The van der Waals surface area contributed by atoms with E-state index in [0.29, 0.717) is 6.04 Å². The van der Waals surface area contributed by atoms with Crippen LogP contribution in [0.4, 0.5) is 0 Å². The molecule has 0 aliphatic carbocycles. The Hall–Kier alpha value is -0.882. The number of aromatic nitrogens is 2. The summed E-state index contributed by atoms with van der Waals surface area (Å²) in [5.41, 5.74) is 6.51. The van der Waals surface area contributed by atoms with Crippen molar-refractivity contribution in [3.8, 4) is 11.1 Å². The van der Waals surface area contributed by atoms with Crippen LogP contribution in [-0.4, -0.2) is 9.78 Å². The van der Waals surface area contributed by atoms with Crippen LogP contribution >= 0.6 is 0 Å². The molecule has 1 aromatic heterocycles. The minimum absolute atomic E-state index is 0. The molecule has 100 valence electrons. The van der Waals surface area contributed by atoms with Crippen LogP contribution in [0.25, 0.3) is 11.1 Å². The van der Waals surface area contributed by atoms with Crippen molar-refractivity contribution in [2.75, 3.05) is 0 Å². The Labute approximate surface area is 124 Å². The van der Waals surface area contributed by atoms with Crippen LogP contribution in [-0.2, 0) is 21.1 Å². The minimum atomic E-state index is 0. The normalized spacial score (nSPS) is 10.6. The summed E-state index contributed by atoms with van der Waals surface area (Å²) in [7, 11) is 0. The van der Waals surface area contributed by atoms with E-state index in [1.807, 2.05) is 10.9 Å². The molecule has 2 rings (SSSR count). The van der Waals surface area contributed by atoms with Gasteiger partial charge >= 0.3 is 0 Å². The molecule has 1 aromatic carbocycles. The predicted octanol–water partition coefficient (Wildman–Crippen LogP) is 4.05. The molecule has 2 nitrogen and oxygen atoms in total. The Morgan fingerprint density at radius 2 is 1.61 bits per heavy atom. The summed E-state index contributed by atoms with van der Waals surface area (Å²) in [6, 6.07) is 4.87. The van der Waals surface area contributed by atoms with Crippen LogP contribution in [0.1, 0.15) is 36.6 Å². The summed E-state index contributed by atoms with van der Waals surface area (Å²) in [5.74, 6) is 0. The second-order valence-electron chi connectivity index (χ2n) is 5.08. The molecule has 0 bridgehead atoms. The van der Waals surface area contributed by atoms with Crippen molar-refractivity contribution in [2.45, 2.75) is 40.7 Å². The van der Waals surface area contributed by atoms with E-state index in [1.165, 1.54) is 27.8 Å². The number of nitrogens with zero attached hydrogens (tertiary/aromatic N) is 2. The van der Waals surface area contributed by atoms with Crippen molar-refractivity contribution in [2.24, 2.45) is 0 Å². The average Bonchev–Trinajstić information content (AvgIpc) is 2.65. The molecule has 0 aliphatic rings. The second kappa shape index (κ2) is 5.84. The number of aryl methyl sites for hydroxylation is 3. The Morgan fingerprint density at radius 1 is 1.06 bits per heavy atom. The molecule has 1 heterocycles. The number of hydrogen-bond donors (Lipinski definition) is 0. The molecule has 0 amide bonds. The van der Waals surface area contributed by atoms with Gasteiger partial charge in [-0.05, 0) is 51.3 Å². The molecule has 0 saturated carbocycles. The van der Waals surface area contributed by atoms with Gasteiger partial charge in [0.2, 0.25) is 0 Å². The summed E-state index contributed by atoms with van der Waals surface area (Å²) < 4.78 is 2.01. The Bertz CT molecular complexity index is 518. The third-order valence-corrected chi connectivity index (χ3v) is 3.10. The van der Waals surface area contributed by atoms with E-state index < -0.39 is 0 Å². The van der Waals surface area contributed by atoms with Crippen molar-refractivity contribution >= 4 is 0 Å². The Balaban J connectivity index is 0.00000162. The molecular weight excluding hydrogens is 403 g/mol. The van der Waals surface area contributed by atoms with E-state index in [-0.39, 0.29) is 21.1 Å². The zero-order chi connectivity index (χ0) is 12.6. The molecule has 0 aliphatic heterocycles. The zero-order valence-electron chi connectivity index (χ0n) is 11.6. The topological polar surface area (TPSA) is 17.8 Å². The third kappa shape index (κ3) is 2.92. The summed E-state index contributed by atoms with van der Waals surface area (Å²) in [4.78, 5) is 0. The smallest absolute Gasteiger partial charge is 0.0568 e. The second-order valence-corrected chi connectivity index (χ2v) is 5.08. The first kappa shape index (κ1) is 15.2. The van der Waals surface area contributed by atoms with E-state index >= 15 is 0 Å². The van der Waals surface area contributed by atoms with Gasteiger partial charge in [0.1, 0.15) is 0 Å². The molecule has 0 spiro atoms. The van der Waals surface area contributed by atoms with Gasteiger partial charge in [0.15, 0.2) is 0 Å².